The SMILES string of the molecule is O=C([O-])[C@H]1CC=CC[C@@H]1C(=O)NCCc1cccc(Cl)c1. The van der Waals surface area contributed by atoms with Crippen LogP contribution in [-0.4, -0.2) is 18.4 Å². The Labute approximate surface area is 128 Å². The van der Waals surface area contributed by atoms with E-state index in [2.05, 4.69) is 5.32 Å². The third-order valence-corrected chi connectivity index (χ3v) is 3.91. The minimum Gasteiger partial charge on any atom is -0.550 e. The van der Waals surface area contributed by atoms with E-state index in [4.69, 9.17) is 11.6 Å². The van der Waals surface area contributed by atoms with E-state index >= 15 is 0 Å². The van der Waals surface area contributed by atoms with E-state index in [9.17, 15) is 14.7 Å². The Balaban J connectivity index is 1.86. The molecule has 2 atom stereocenters. The topological polar surface area (TPSA) is 69.2 Å². The minimum absolute atomic E-state index is 0.226. The Kier molecular flexibility index (Phi) is 5.39. The summed E-state index contributed by atoms with van der Waals surface area (Å²) in [6.07, 6.45) is 5.10. The lowest BCUT2D eigenvalue weighted by atomic mass is 9.82. The fraction of sp³-hybridized carbons (Fsp3) is 0.375. The molecule has 1 N–H and O–H groups in total. The zero-order valence-electron chi connectivity index (χ0n) is 11.5. The lowest BCUT2D eigenvalue weighted by molar-refractivity contribution is -0.313. The van der Waals surface area contributed by atoms with Crippen LogP contribution < -0.4 is 10.4 Å². The number of benzene rings is 1. The lowest BCUT2D eigenvalue weighted by Crippen LogP contribution is -2.44. The van der Waals surface area contributed by atoms with Gasteiger partial charge in [0.05, 0.1) is 0 Å². The molecule has 1 aliphatic rings. The third-order valence-electron chi connectivity index (χ3n) is 3.67. The number of carbonyl (C=O) groups is 2. The van der Waals surface area contributed by atoms with Crippen LogP contribution in [0.2, 0.25) is 5.02 Å². The molecule has 1 aromatic carbocycles. The standard InChI is InChI=1S/C16H18ClNO3/c17-12-5-3-4-11(10-12)8-9-18-15(19)13-6-1-2-7-14(13)16(20)21/h1-5,10,13-14H,6-9H2,(H,18,19)(H,20,21)/p-1/t13-,14-/m0/s1. The highest BCUT2D eigenvalue weighted by atomic mass is 35.5. The second kappa shape index (κ2) is 7.27. The van der Waals surface area contributed by atoms with Gasteiger partial charge in [0, 0.05) is 29.4 Å². The Morgan fingerprint density at radius 1 is 1.24 bits per heavy atom. The van der Waals surface area contributed by atoms with Crippen molar-refractivity contribution in [3.8, 4) is 0 Å². The Morgan fingerprint density at radius 3 is 2.62 bits per heavy atom. The monoisotopic (exact) mass is 306 g/mol. The number of aliphatic carboxylic acids is 1. The van der Waals surface area contributed by atoms with E-state index < -0.39 is 17.8 Å². The minimum atomic E-state index is -1.16. The molecule has 0 unspecified atom stereocenters. The number of carboxylic acids is 1. The van der Waals surface area contributed by atoms with Gasteiger partial charge in [0.2, 0.25) is 5.91 Å². The Morgan fingerprint density at radius 2 is 1.95 bits per heavy atom. The predicted molar refractivity (Wildman–Crippen MR) is 78.5 cm³/mol. The quantitative estimate of drug-likeness (QED) is 0.834. The summed E-state index contributed by atoms with van der Waals surface area (Å²) in [6.45, 7) is 0.457. The zero-order valence-corrected chi connectivity index (χ0v) is 12.3. The van der Waals surface area contributed by atoms with E-state index in [1.807, 2.05) is 24.3 Å². The molecule has 0 bridgehead atoms. The lowest BCUT2D eigenvalue weighted by Gasteiger charge is -2.28. The van der Waals surface area contributed by atoms with Crippen molar-refractivity contribution < 1.29 is 14.7 Å². The maximum absolute atomic E-state index is 12.1. The second-order valence-corrected chi connectivity index (χ2v) is 5.58. The van der Waals surface area contributed by atoms with Crippen molar-refractivity contribution in [3.63, 3.8) is 0 Å². The first-order chi connectivity index (χ1) is 10.1. The average molecular weight is 307 g/mol. The number of nitrogens with one attached hydrogen (secondary N) is 1. The Hall–Kier alpha value is -1.81. The first kappa shape index (κ1) is 15.6. The number of halogens is 1. The molecule has 0 aromatic heterocycles. The summed E-state index contributed by atoms with van der Waals surface area (Å²) in [6, 6.07) is 7.44. The molecule has 0 saturated carbocycles. The number of carboxylic acid groups (broad SMARTS) is 1. The van der Waals surface area contributed by atoms with E-state index in [0.29, 0.717) is 30.8 Å². The van der Waals surface area contributed by atoms with Crippen molar-refractivity contribution in [1.29, 1.82) is 0 Å². The summed E-state index contributed by atoms with van der Waals surface area (Å²) in [5.41, 5.74) is 1.03. The van der Waals surface area contributed by atoms with Crippen LogP contribution in [0.15, 0.2) is 36.4 Å². The largest absolute Gasteiger partial charge is 0.550 e. The number of hydrogen-bond donors (Lipinski definition) is 1. The first-order valence-electron chi connectivity index (χ1n) is 6.96. The smallest absolute Gasteiger partial charge is 0.224 e. The summed E-state index contributed by atoms with van der Waals surface area (Å²) in [5.74, 6) is -2.66. The van der Waals surface area contributed by atoms with Gasteiger partial charge in [-0.15, -0.1) is 0 Å². The third kappa shape index (κ3) is 4.33. The second-order valence-electron chi connectivity index (χ2n) is 5.15. The highest BCUT2D eigenvalue weighted by Gasteiger charge is 2.29. The Bertz CT molecular complexity index is 556. The predicted octanol–water partition coefficient (Wildman–Crippen LogP) is 1.33. The number of rotatable bonds is 5. The molecule has 1 aromatic rings. The van der Waals surface area contributed by atoms with Crippen molar-refractivity contribution >= 4 is 23.5 Å². The number of hydrogen-bond acceptors (Lipinski definition) is 3. The molecule has 112 valence electrons. The number of carbonyl (C=O) groups excluding carboxylic acids is 2. The summed E-state index contributed by atoms with van der Waals surface area (Å²) >= 11 is 5.89. The van der Waals surface area contributed by atoms with Crippen LogP contribution in [0.3, 0.4) is 0 Å². The number of allylic oxidation sites excluding steroid dienone is 2. The summed E-state index contributed by atoms with van der Waals surface area (Å²) in [4.78, 5) is 23.2. The van der Waals surface area contributed by atoms with E-state index in [1.54, 1.807) is 12.1 Å². The van der Waals surface area contributed by atoms with Gasteiger partial charge in [0.1, 0.15) is 0 Å². The van der Waals surface area contributed by atoms with Crippen LogP contribution in [0, 0.1) is 11.8 Å². The van der Waals surface area contributed by atoms with Crippen LogP contribution in [0.5, 0.6) is 0 Å². The molecule has 0 saturated heterocycles. The number of amides is 1. The van der Waals surface area contributed by atoms with Gasteiger partial charge in [-0.25, -0.2) is 0 Å². The molecule has 1 amide bonds. The van der Waals surface area contributed by atoms with Crippen LogP contribution in [0.4, 0.5) is 0 Å². The fourth-order valence-electron chi connectivity index (χ4n) is 2.52. The molecule has 1 aliphatic carbocycles. The van der Waals surface area contributed by atoms with Crippen LogP contribution >= 0.6 is 11.6 Å². The van der Waals surface area contributed by atoms with Gasteiger partial charge >= 0.3 is 0 Å². The van der Waals surface area contributed by atoms with E-state index in [1.165, 1.54) is 0 Å². The van der Waals surface area contributed by atoms with Gasteiger partial charge in [-0.05, 0) is 37.0 Å². The zero-order chi connectivity index (χ0) is 15.2. The molecule has 0 fully saturated rings. The normalized spacial score (nSPS) is 21.0. The average Bonchev–Trinajstić information content (AvgIpc) is 2.47. The van der Waals surface area contributed by atoms with Crippen molar-refractivity contribution in [3.05, 3.63) is 47.0 Å². The summed E-state index contributed by atoms with van der Waals surface area (Å²) in [5, 5.41) is 14.5. The van der Waals surface area contributed by atoms with Crippen LogP contribution in [0.25, 0.3) is 0 Å². The van der Waals surface area contributed by atoms with Crippen LogP contribution in [0.1, 0.15) is 18.4 Å². The molecule has 5 heteroatoms. The van der Waals surface area contributed by atoms with Crippen molar-refractivity contribution in [2.45, 2.75) is 19.3 Å². The van der Waals surface area contributed by atoms with E-state index in [-0.39, 0.29) is 5.91 Å². The van der Waals surface area contributed by atoms with Gasteiger partial charge in [0.25, 0.3) is 0 Å². The molecule has 0 spiro atoms. The first-order valence-corrected chi connectivity index (χ1v) is 7.33. The maximum Gasteiger partial charge on any atom is 0.224 e. The summed E-state index contributed by atoms with van der Waals surface area (Å²) in [7, 11) is 0. The molecule has 0 aliphatic heterocycles. The van der Waals surface area contributed by atoms with Gasteiger partial charge in [-0.2, -0.15) is 0 Å². The van der Waals surface area contributed by atoms with Gasteiger partial charge in [-0.3, -0.25) is 4.79 Å². The van der Waals surface area contributed by atoms with Crippen molar-refractivity contribution in [2.75, 3.05) is 6.54 Å². The molecule has 4 nitrogen and oxygen atoms in total. The van der Waals surface area contributed by atoms with Crippen molar-refractivity contribution in [2.24, 2.45) is 11.8 Å². The molecule has 2 rings (SSSR count). The van der Waals surface area contributed by atoms with Gasteiger partial charge in [-0.1, -0.05) is 35.9 Å². The van der Waals surface area contributed by atoms with Gasteiger partial charge in [0.15, 0.2) is 0 Å². The molecule has 0 heterocycles. The molecule has 21 heavy (non-hydrogen) atoms. The fourth-order valence-corrected chi connectivity index (χ4v) is 2.73. The molecular weight excluding hydrogens is 290 g/mol. The van der Waals surface area contributed by atoms with Gasteiger partial charge < -0.3 is 15.2 Å². The highest BCUT2D eigenvalue weighted by Crippen LogP contribution is 2.25. The molecule has 0 radical (unpaired) electrons. The highest BCUT2D eigenvalue weighted by molar-refractivity contribution is 6.30. The van der Waals surface area contributed by atoms with Crippen LogP contribution in [-0.2, 0) is 16.0 Å². The molecular formula is C16H17ClNO3-. The summed E-state index contributed by atoms with van der Waals surface area (Å²) < 4.78 is 0. The van der Waals surface area contributed by atoms with E-state index in [0.717, 1.165) is 5.56 Å². The maximum atomic E-state index is 12.1. The van der Waals surface area contributed by atoms with Crippen molar-refractivity contribution in [1.82, 2.24) is 5.32 Å².